The number of rotatable bonds is 3. The predicted molar refractivity (Wildman–Crippen MR) is 78.3 cm³/mol. The molecule has 2 aromatic rings. The van der Waals surface area contributed by atoms with Gasteiger partial charge in [0.05, 0.1) is 10.9 Å². The minimum Gasteiger partial charge on any atom is -0.308 e. The molecular formula is C14H20N4S. The number of aromatic nitrogens is 3. The highest BCUT2D eigenvalue weighted by Crippen LogP contribution is 2.31. The van der Waals surface area contributed by atoms with Crippen LogP contribution in [0.5, 0.6) is 0 Å². The van der Waals surface area contributed by atoms with Gasteiger partial charge in [0, 0.05) is 18.0 Å². The molecule has 0 spiro atoms. The smallest absolute Gasteiger partial charge is 0.174 e. The van der Waals surface area contributed by atoms with Crippen molar-refractivity contribution in [3.05, 3.63) is 22.8 Å². The Kier molecular flexibility index (Phi) is 3.41. The van der Waals surface area contributed by atoms with Gasteiger partial charge in [0.15, 0.2) is 11.6 Å². The normalized spacial score (nSPS) is 18.8. The quantitative estimate of drug-likeness (QED) is 0.937. The second-order valence-corrected chi connectivity index (χ2v) is 6.50. The first-order valence-electron chi connectivity index (χ1n) is 6.96. The number of fused-ring (bicyclic) bond motifs is 1. The van der Waals surface area contributed by atoms with Gasteiger partial charge in [0.2, 0.25) is 0 Å². The van der Waals surface area contributed by atoms with Crippen molar-refractivity contribution in [1.29, 1.82) is 0 Å². The molecule has 0 aromatic carbocycles. The van der Waals surface area contributed by atoms with Gasteiger partial charge in [-0.2, -0.15) is 0 Å². The summed E-state index contributed by atoms with van der Waals surface area (Å²) in [6.45, 7) is 8.59. The van der Waals surface area contributed by atoms with E-state index < -0.39 is 0 Å². The second kappa shape index (κ2) is 5.06. The zero-order valence-corrected chi connectivity index (χ0v) is 12.5. The molecule has 1 aliphatic heterocycles. The van der Waals surface area contributed by atoms with Gasteiger partial charge in [-0.15, -0.1) is 21.5 Å². The summed E-state index contributed by atoms with van der Waals surface area (Å²) in [5, 5.41) is 12.4. The van der Waals surface area contributed by atoms with Crippen LogP contribution in [0.2, 0.25) is 0 Å². The molecule has 2 aromatic heterocycles. The van der Waals surface area contributed by atoms with Gasteiger partial charge in [-0.05, 0) is 24.5 Å². The Morgan fingerprint density at radius 3 is 2.95 bits per heavy atom. The van der Waals surface area contributed by atoms with E-state index in [1.54, 1.807) is 0 Å². The minimum absolute atomic E-state index is 0.320. The third-order valence-corrected chi connectivity index (χ3v) is 4.88. The Morgan fingerprint density at radius 2 is 2.26 bits per heavy atom. The summed E-state index contributed by atoms with van der Waals surface area (Å²) in [6.07, 6.45) is 1.09. The van der Waals surface area contributed by atoms with E-state index in [1.165, 1.54) is 9.75 Å². The molecule has 3 heterocycles. The lowest BCUT2D eigenvalue weighted by molar-refractivity contribution is 0.339. The van der Waals surface area contributed by atoms with Crippen LogP contribution in [-0.2, 0) is 13.0 Å². The van der Waals surface area contributed by atoms with E-state index in [4.69, 9.17) is 0 Å². The third kappa shape index (κ3) is 2.21. The minimum atomic E-state index is 0.320. The highest BCUT2D eigenvalue weighted by molar-refractivity contribution is 7.15. The average Bonchev–Trinajstić information content (AvgIpc) is 3.03. The van der Waals surface area contributed by atoms with Crippen molar-refractivity contribution in [2.75, 3.05) is 6.54 Å². The Balaban J connectivity index is 2.00. The molecule has 1 N–H and O–H groups in total. The molecule has 0 radical (unpaired) electrons. The molecule has 3 rings (SSSR count). The Hall–Kier alpha value is -1.20. The van der Waals surface area contributed by atoms with Crippen molar-refractivity contribution in [2.45, 2.75) is 39.8 Å². The molecule has 1 aliphatic rings. The monoisotopic (exact) mass is 276 g/mol. The van der Waals surface area contributed by atoms with Gasteiger partial charge in [-0.1, -0.05) is 20.8 Å². The number of hydrogen-bond acceptors (Lipinski definition) is 4. The Labute approximate surface area is 117 Å². The summed E-state index contributed by atoms with van der Waals surface area (Å²) < 4.78 is 2.28. The van der Waals surface area contributed by atoms with Crippen LogP contribution in [0, 0.1) is 5.92 Å². The third-order valence-electron chi connectivity index (χ3n) is 3.65. The molecule has 0 saturated carbocycles. The SMILES string of the molecule is CCc1ccc(-c2nnc3n2CCNC3C(C)C)s1. The van der Waals surface area contributed by atoms with Gasteiger partial charge in [-0.3, -0.25) is 0 Å². The number of nitrogens with zero attached hydrogens (tertiary/aromatic N) is 3. The van der Waals surface area contributed by atoms with Gasteiger partial charge in [-0.25, -0.2) is 0 Å². The van der Waals surface area contributed by atoms with Crippen LogP contribution in [0.3, 0.4) is 0 Å². The van der Waals surface area contributed by atoms with Crippen molar-refractivity contribution in [3.63, 3.8) is 0 Å². The van der Waals surface area contributed by atoms with E-state index in [0.717, 1.165) is 31.2 Å². The summed E-state index contributed by atoms with van der Waals surface area (Å²) in [7, 11) is 0. The molecule has 0 fully saturated rings. The van der Waals surface area contributed by atoms with Gasteiger partial charge < -0.3 is 9.88 Å². The topological polar surface area (TPSA) is 42.7 Å². The van der Waals surface area contributed by atoms with Crippen molar-refractivity contribution in [3.8, 4) is 10.7 Å². The lowest BCUT2D eigenvalue weighted by Crippen LogP contribution is -2.36. The fourth-order valence-electron chi connectivity index (χ4n) is 2.59. The van der Waals surface area contributed by atoms with Crippen LogP contribution in [0.15, 0.2) is 12.1 Å². The zero-order chi connectivity index (χ0) is 13.4. The van der Waals surface area contributed by atoms with Crippen LogP contribution >= 0.6 is 11.3 Å². The van der Waals surface area contributed by atoms with Crippen LogP contribution in [0.25, 0.3) is 10.7 Å². The highest BCUT2D eigenvalue weighted by Gasteiger charge is 2.27. The molecule has 0 bridgehead atoms. The lowest BCUT2D eigenvalue weighted by Gasteiger charge is -2.27. The van der Waals surface area contributed by atoms with Crippen LogP contribution in [0.1, 0.15) is 37.5 Å². The van der Waals surface area contributed by atoms with Crippen molar-refractivity contribution < 1.29 is 0 Å². The van der Waals surface area contributed by atoms with Crippen molar-refractivity contribution in [1.82, 2.24) is 20.1 Å². The van der Waals surface area contributed by atoms with E-state index in [-0.39, 0.29) is 0 Å². The predicted octanol–water partition coefficient (Wildman–Crippen LogP) is 2.87. The molecule has 0 saturated heterocycles. The summed E-state index contributed by atoms with van der Waals surface area (Å²) in [6, 6.07) is 4.69. The first-order chi connectivity index (χ1) is 9.20. The molecular weight excluding hydrogens is 256 g/mol. The maximum atomic E-state index is 4.43. The lowest BCUT2D eigenvalue weighted by atomic mass is 10.0. The van der Waals surface area contributed by atoms with E-state index >= 15 is 0 Å². The number of nitrogens with one attached hydrogen (secondary N) is 1. The maximum absolute atomic E-state index is 4.43. The van der Waals surface area contributed by atoms with Gasteiger partial charge in [0.25, 0.3) is 0 Å². The first kappa shape index (κ1) is 12.8. The number of hydrogen-bond donors (Lipinski definition) is 1. The van der Waals surface area contributed by atoms with Gasteiger partial charge >= 0.3 is 0 Å². The van der Waals surface area contributed by atoms with Crippen LogP contribution in [0.4, 0.5) is 0 Å². The second-order valence-electron chi connectivity index (χ2n) is 5.33. The molecule has 0 aliphatic carbocycles. The maximum Gasteiger partial charge on any atom is 0.174 e. The number of aryl methyl sites for hydroxylation is 1. The Morgan fingerprint density at radius 1 is 1.42 bits per heavy atom. The fraction of sp³-hybridized carbons (Fsp3) is 0.571. The molecule has 1 unspecified atom stereocenters. The molecule has 4 nitrogen and oxygen atoms in total. The molecule has 19 heavy (non-hydrogen) atoms. The van der Waals surface area contributed by atoms with Gasteiger partial charge in [0.1, 0.15) is 0 Å². The van der Waals surface area contributed by atoms with E-state index in [2.05, 4.69) is 53.0 Å². The first-order valence-corrected chi connectivity index (χ1v) is 7.78. The summed E-state index contributed by atoms with van der Waals surface area (Å²) >= 11 is 1.83. The molecule has 102 valence electrons. The number of thiophene rings is 1. The fourth-order valence-corrected chi connectivity index (χ4v) is 3.53. The van der Waals surface area contributed by atoms with Crippen LogP contribution < -0.4 is 5.32 Å². The zero-order valence-electron chi connectivity index (χ0n) is 11.7. The highest BCUT2D eigenvalue weighted by atomic mass is 32.1. The van der Waals surface area contributed by atoms with Crippen molar-refractivity contribution >= 4 is 11.3 Å². The van der Waals surface area contributed by atoms with E-state index in [9.17, 15) is 0 Å². The summed E-state index contributed by atoms with van der Waals surface area (Å²) in [5.74, 6) is 2.65. The standard InChI is InChI=1S/C14H20N4S/c1-4-10-5-6-11(19-10)13-16-17-14-12(9(2)3)15-7-8-18(13)14/h5-6,9,12,15H,4,7-8H2,1-3H3. The van der Waals surface area contributed by atoms with Crippen LogP contribution in [-0.4, -0.2) is 21.3 Å². The van der Waals surface area contributed by atoms with E-state index in [1.807, 2.05) is 11.3 Å². The molecule has 0 amide bonds. The summed E-state index contributed by atoms with van der Waals surface area (Å²) in [5.41, 5.74) is 0. The summed E-state index contributed by atoms with van der Waals surface area (Å²) in [4.78, 5) is 2.64. The van der Waals surface area contributed by atoms with Crippen molar-refractivity contribution in [2.24, 2.45) is 5.92 Å². The average molecular weight is 276 g/mol. The largest absolute Gasteiger partial charge is 0.308 e. The Bertz CT molecular complexity index is 570. The molecule has 5 heteroatoms. The van der Waals surface area contributed by atoms with E-state index in [0.29, 0.717) is 12.0 Å². The molecule has 1 atom stereocenters.